The van der Waals surface area contributed by atoms with Gasteiger partial charge in [-0.05, 0) is 22.0 Å². The summed E-state index contributed by atoms with van der Waals surface area (Å²) in [6.45, 7) is 1.58. The van der Waals surface area contributed by atoms with Gasteiger partial charge in [0.15, 0.2) is 0 Å². The molecular weight excluding hydrogens is 266 g/mol. The first-order valence-electron chi connectivity index (χ1n) is 4.26. The lowest BCUT2D eigenvalue weighted by Crippen LogP contribution is -2.31. The Hall–Kier alpha value is -1.30. The predicted octanol–water partition coefficient (Wildman–Crippen LogP) is 1.49. The highest BCUT2D eigenvalue weighted by molar-refractivity contribution is 9.10. The average molecular weight is 276 g/mol. The quantitative estimate of drug-likeness (QED) is 0.873. The number of nitrogens with one attached hydrogen (secondary N) is 1. The van der Waals surface area contributed by atoms with Crippen molar-refractivity contribution in [1.29, 1.82) is 0 Å². The molecule has 0 aliphatic carbocycles. The van der Waals surface area contributed by atoms with Crippen molar-refractivity contribution in [2.45, 2.75) is 6.92 Å². The fourth-order valence-corrected chi connectivity index (χ4v) is 1.25. The molecule has 0 aromatic carbocycles. The highest BCUT2D eigenvalue weighted by Crippen LogP contribution is 2.17. The van der Waals surface area contributed by atoms with Crippen LogP contribution in [0.15, 0.2) is 21.2 Å². The maximum Gasteiger partial charge on any atom is 0.308 e. The Morgan fingerprint density at radius 3 is 2.80 bits per heavy atom. The van der Waals surface area contributed by atoms with E-state index in [9.17, 15) is 9.59 Å². The number of furan rings is 1. The molecule has 82 valence electrons. The van der Waals surface area contributed by atoms with E-state index in [0.717, 1.165) is 0 Å². The number of carboxylic acids is 1. The third-order valence-electron chi connectivity index (χ3n) is 1.81. The van der Waals surface area contributed by atoms with Gasteiger partial charge in [0.1, 0.15) is 0 Å². The van der Waals surface area contributed by atoms with Gasteiger partial charge in [-0.1, -0.05) is 6.92 Å². The van der Waals surface area contributed by atoms with Gasteiger partial charge in [0.05, 0.1) is 16.7 Å². The number of aliphatic carboxylic acids is 1. The summed E-state index contributed by atoms with van der Waals surface area (Å²) in [4.78, 5) is 21.9. The van der Waals surface area contributed by atoms with Crippen LogP contribution in [-0.2, 0) is 4.79 Å². The number of carbonyl (C=O) groups is 2. The van der Waals surface area contributed by atoms with Gasteiger partial charge < -0.3 is 14.8 Å². The van der Waals surface area contributed by atoms with Gasteiger partial charge in [-0.3, -0.25) is 9.59 Å². The monoisotopic (exact) mass is 275 g/mol. The van der Waals surface area contributed by atoms with Crippen molar-refractivity contribution in [2.75, 3.05) is 6.54 Å². The van der Waals surface area contributed by atoms with Crippen molar-refractivity contribution in [2.24, 2.45) is 5.92 Å². The minimum Gasteiger partial charge on any atom is -0.481 e. The Bertz CT molecular complexity index is 374. The van der Waals surface area contributed by atoms with Crippen LogP contribution in [0.4, 0.5) is 0 Å². The molecule has 1 aromatic heterocycles. The van der Waals surface area contributed by atoms with E-state index in [1.807, 2.05) is 0 Å². The first kappa shape index (κ1) is 11.8. The van der Waals surface area contributed by atoms with E-state index < -0.39 is 17.8 Å². The minimum atomic E-state index is -0.950. The second-order valence-electron chi connectivity index (χ2n) is 3.05. The zero-order chi connectivity index (χ0) is 11.4. The van der Waals surface area contributed by atoms with Crippen molar-refractivity contribution < 1.29 is 19.1 Å². The SMILES string of the molecule is CC(CNC(=O)c1occc1Br)C(=O)O. The van der Waals surface area contributed by atoms with Crippen molar-refractivity contribution in [3.8, 4) is 0 Å². The Morgan fingerprint density at radius 2 is 2.33 bits per heavy atom. The van der Waals surface area contributed by atoms with E-state index in [2.05, 4.69) is 21.2 Å². The standard InChI is InChI=1S/C9H10BrNO4/c1-5(9(13)14)4-11-8(12)7-6(10)2-3-15-7/h2-3,5H,4H2,1H3,(H,11,12)(H,13,14). The number of hydrogen-bond donors (Lipinski definition) is 2. The van der Waals surface area contributed by atoms with Crippen LogP contribution in [0.2, 0.25) is 0 Å². The molecule has 0 radical (unpaired) electrons. The summed E-state index contributed by atoms with van der Waals surface area (Å²) in [7, 11) is 0. The van der Waals surface area contributed by atoms with Gasteiger partial charge in [0.25, 0.3) is 5.91 Å². The Morgan fingerprint density at radius 1 is 1.67 bits per heavy atom. The van der Waals surface area contributed by atoms with E-state index in [1.165, 1.54) is 13.2 Å². The van der Waals surface area contributed by atoms with Crippen LogP contribution in [0.1, 0.15) is 17.5 Å². The van der Waals surface area contributed by atoms with E-state index in [4.69, 9.17) is 9.52 Å². The predicted molar refractivity (Wildman–Crippen MR) is 55.5 cm³/mol. The van der Waals surface area contributed by atoms with Crippen molar-refractivity contribution in [1.82, 2.24) is 5.32 Å². The lowest BCUT2D eigenvalue weighted by molar-refractivity contribution is -0.140. The number of rotatable bonds is 4. The molecule has 0 aliphatic rings. The average Bonchev–Trinajstić information content (AvgIpc) is 2.60. The molecule has 1 unspecified atom stereocenters. The number of carbonyl (C=O) groups excluding carboxylic acids is 1. The summed E-state index contributed by atoms with van der Waals surface area (Å²) < 4.78 is 5.46. The maximum atomic E-state index is 11.4. The largest absolute Gasteiger partial charge is 0.481 e. The number of carboxylic acid groups (broad SMARTS) is 1. The summed E-state index contributed by atoms with van der Waals surface area (Å²) in [6.07, 6.45) is 1.37. The van der Waals surface area contributed by atoms with Gasteiger partial charge in [-0.25, -0.2) is 0 Å². The Balaban J connectivity index is 2.51. The lowest BCUT2D eigenvalue weighted by atomic mass is 10.2. The molecule has 2 N–H and O–H groups in total. The zero-order valence-electron chi connectivity index (χ0n) is 7.99. The van der Waals surface area contributed by atoms with Crippen molar-refractivity contribution in [3.05, 3.63) is 22.6 Å². The van der Waals surface area contributed by atoms with Gasteiger partial charge >= 0.3 is 5.97 Å². The second kappa shape index (κ2) is 4.97. The fraction of sp³-hybridized carbons (Fsp3) is 0.333. The summed E-state index contributed by atoms with van der Waals surface area (Å²) in [6, 6.07) is 1.59. The molecule has 0 saturated carbocycles. The van der Waals surface area contributed by atoms with Gasteiger partial charge in [-0.2, -0.15) is 0 Å². The highest BCUT2D eigenvalue weighted by Gasteiger charge is 2.16. The van der Waals surface area contributed by atoms with E-state index >= 15 is 0 Å². The highest BCUT2D eigenvalue weighted by atomic mass is 79.9. The van der Waals surface area contributed by atoms with Gasteiger partial charge in [0.2, 0.25) is 5.76 Å². The normalized spacial score (nSPS) is 12.1. The molecule has 0 bridgehead atoms. The second-order valence-corrected chi connectivity index (χ2v) is 3.90. The molecule has 1 heterocycles. The van der Waals surface area contributed by atoms with Crippen LogP contribution in [0, 0.1) is 5.92 Å². The Kier molecular flexibility index (Phi) is 3.90. The number of amides is 1. The van der Waals surface area contributed by atoms with E-state index in [1.54, 1.807) is 6.07 Å². The first-order chi connectivity index (χ1) is 7.02. The minimum absolute atomic E-state index is 0.0707. The molecule has 0 spiro atoms. The number of halogens is 1. The summed E-state index contributed by atoms with van der Waals surface area (Å²) in [5, 5.41) is 11.1. The first-order valence-corrected chi connectivity index (χ1v) is 5.05. The zero-order valence-corrected chi connectivity index (χ0v) is 9.58. The molecule has 1 aromatic rings. The molecule has 1 amide bonds. The van der Waals surface area contributed by atoms with Crippen LogP contribution in [-0.4, -0.2) is 23.5 Å². The summed E-state index contributed by atoms with van der Waals surface area (Å²) in [5.41, 5.74) is 0. The summed E-state index contributed by atoms with van der Waals surface area (Å²) in [5.74, 6) is -1.86. The van der Waals surface area contributed by atoms with Crippen LogP contribution in [0.5, 0.6) is 0 Å². The van der Waals surface area contributed by atoms with Crippen molar-refractivity contribution in [3.63, 3.8) is 0 Å². The van der Waals surface area contributed by atoms with Gasteiger partial charge in [-0.15, -0.1) is 0 Å². The topological polar surface area (TPSA) is 79.5 Å². The van der Waals surface area contributed by atoms with Gasteiger partial charge in [0, 0.05) is 6.54 Å². The Labute approximate surface area is 94.6 Å². The molecule has 1 atom stereocenters. The maximum absolute atomic E-state index is 11.4. The van der Waals surface area contributed by atoms with E-state index in [0.29, 0.717) is 4.47 Å². The third-order valence-corrected chi connectivity index (χ3v) is 2.44. The van der Waals surface area contributed by atoms with E-state index in [-0.39, 0.29) is 12.3 Å². The lowest BCUT2D eigenvalue weighted by Gasteiger charge is -2.06. The smallest absolute Gasteiger partial charge is 0.308 e. The molecule has 0 saturated heterocycles. The van der Waals surface area contributed by atoms with Crippen LogP contribution in [0.25, 0.3) is 0 Å². The molecular formula is C9H10BrNO4. The van der Waals surface area contributed by atoms with Crippen LogP contribution >= 0.6 is 15.9 Å². The molecule has 0 aliphatic heterocycles. The third kappa shape index (κ3) is 3.09. The summed E-state index contributed by atoms with van der Waals surface area (Å²) >= 11 is 3.13. The van der Waals surface area contributed by atoms with Crippen LogP contribution in [0.3, 0.4) is 0 Å². The fourth-order valence-electron chi connectivity index (χ4n) is 0.869. The van der Waals surface area contributed by atoms with Crippen LogP contribution < -0.4 is 5.32 Å². The molecule has 15 heavy (non-hydrogen) atoms. The molecule has 1 rings (SSSR count). The molecule has 0 fully saturated rings. The molecule has 5 nitrogen and oxygen atoms in total. The molecule has 6 heteroatoms. The van der Waals surface area contributed by atoms with Crippen molar-refractivity contribution >= 4 is 27.8 Å². The number of hydrogen-bond acceptors (Lipinski definition) is 3.